The van der Waals surface area contributed by atoms with E-state index in [1.165, 1.54) is 18.2 Å². The summed E-state index contributed by atoms with van der Waals surface area (Å²) < 4.78 is 6.98. The molecule has 0 atom stereocenters. The molecule has 1 fully saturated rings. The van der Waals surface area contributed by atoms with E-state index in [4.69, 9.17) is 9.84 Å². The van der Waals surface area contributed by atoms with Crippen molar-refractivity contribution in [2.75, 3.05) is 7.11 Å². The van der Waals surface area contributed by atoms with Crippen LogP contribution in [0.1, 0.15) is 31.4 Å². The highest BCUT2D eigenvalue weighted by atomic mass is 16.5. The van der Waals surface area contributed by atoms with E-state index in [0.29, 0.717) is 5.92 Å². The minimum absolute atomic E-state index is 0.0468. The van der Waals surface area contributed by atoms with Crippen molar-refractivity contribution in [3.63, 3.8) is 0 Å². The number of rotatable bonds is 3. The first-order valence-electron chi connectivity index (χ1n) is 7.69. The Balaban J connectivity index is 1.67. The van der Waals surface area contributed by atoms with Crippen LogP contribution in [0.2, 0.25) is 0 Å². The van der Waals surface area contributed by atoms with E-state index < -0.39 is 0 Å². The maximum Gasteiger partial charge on any atom is 0.308 e. The predicted octanol–water partition coefficient (Wildman–Crippen LogP) is 3.32. The molecule has 1 aromatic heterocycles. The summed E-state index contributed by atoms with van der Waals surface area (Å²) in [5.41, 5.74) is 2.30. The number of esters is 1. The molecule has 2 aromatic rings. The Kier molecular flexibility index (Phi) is 3.95. The number of aryl methyl sites for hydroxylation is 1. The third kappa shape index (κ3) is 2.80. The van der Waals surface area contributed by atoms with Gasteiger partial charge in [0, 0.05) is 17.6 Å². The van der Waals surface area contributed by atoms with Crippen molar-refractivity contribution in [1.29, 1.82) is 0 Å². The lowest BCUT2D eigenvalue weighted by Crippen LogP contribution is -2.25. The summed E-state index contributed by atoms with van der Waals surface area (Å²) in [5, 5.41) is 5.94. The van der Waals surface area contributed by atoms with Crippen LogP contribution in [-0.2, 0) is 16.1 Å². The van der Waals surface area contributed by atoms with Gasteiger partial charge in [0.2, 0.25) is 0 Å². The molecule has 0 radical (unpaired) electrons. The number of nitrogens with zero attached hydrogens (tertiary/aromatic N) is 2. The van der Waals surface area contributed by atoms with Crippen molar-refractivity contribution in [3.8, 4) is 0 Å². The van der Waals surface area contributed by atoms with Gasteiger partial charge < -0.3 is 4.74 Å². The number of ether oxygens (including phenoxy) is 1. The van der Waals surface area contributed by atoms with Gasteiger partial charge >= 0.3 is 5.97 Å². The largest absolute Gasteiger partial charge is 0.469 e. The monoisotopic (exact) mass is 286 g/mol. The summed E-state index contributed by atoms with van der Waals surface area (Å²) in [6, 6.07) is 8.28. The normalized spacial score (nSPS) is 22.4. The summed E-state index contributed by atoms with van der Waals surface area (Å²) in [7, 11) is 1.48. The lowest BCUT2D eigenvalue weighted by Gasteiger charge is -2.27. The van der Waals surface area contributed by atoms with Crippen LogP contribution in [0, 0.1) is 18.8 Å². The highest BCUT2D eigenvalue weighted by Crippen LogP contribution is 2.31. The van der Waals surface area contributed by atoms with E-state index >= 15 is 0 Å². The Hall–Kier alpha value is -1.84. The maximum absolute atomic E-state index is 11.6. The molecule has 1 saturated carbocycles. The number of benzene rings is 1. The van der Waals surface area contributed by atoms with Crippen LogP contribution >= 0.6 is 0 Å². The minimum Gasteiger partial charge on any atom is -0.469 e. The SMILES string of the molecule is COC(=O)C1CCC(Cn2nc3ccccc3c2C)CC1. The average Bonchev–Trinajstić information content (AvgIpc) is 2.84. The van der Waals surface area contributed by atoms with Crippen molar-refractivity contribution in [1.82, 2.24) is 9.78 Å². The predicted molar refractivity (Wildman–Crippen MR) is 81.9 cm³/mol. The molecule has 0 spiro atoms. The van der Waals surface area contributed by atoms with E-state index in [9.17, 15) is 4.79 Å². The number of hydrogen-bond acceptors (Lipinski definition) is 3. The zero-order chi connectivity index (χ0) is 14.8. The van der Waals surface area contributed by atoms with Gasteiger partial charge in [-0.05, 0) is 44.6 Å². The van der Waals surface area contributed by atoms with Crippen LogP contribution in [0.15, 0.2) is 24.3 Å². The van der Waals surface area contributed by atoms with Crippen molar-refractivity contribution >= 4 is 16.9 Å². The van der Waals surface area contributed by atoms with Crippen molar-refractivity contribution in [3.05, 3.63) is 30.0 Å². The molecule has 0 saturated heterocycles. The number of methoxy groups -OCH3 is 1. The smallest absolute Gasteiger partial charge is 0.308 e. The Labute approximate surface area is 125 Å². The number of fused-ring (bicyclic) bond motifs is 1. The minimum atomic E-state index is -0.0468. The first-order chi connectivity index (χ1) is 10.2. The molecule has 1 aliphatic rings. The first-order valence-corrected chi connectivity index (χ1v) is 7.69. The molecule has 1 aliphatic carbocycles. The summed E-state index contributed by atoms with van der Waals surface area (Å²) in [6.07, 6.45) is 4.04. The number of aromatic nitrogens is 2. The molecule has 21 heavy (non-hydrogen) atoms. The lowest BCUT2D eigenvalue weighted by molar-refractivity contribution is -0.146. The number of carbonyl (C=O) groups excluding carboxylic acids is 1. The first kappa shape index (κ1) is 14.1. The van der Waals surface area contributed by atoms with Crippen LogP contribution in [0.3, 0.4) is 0 Å². The topological polar surface area (TPSA) is 44.1 Å². The molecule has 0 N–H and O–H groups in total. The van der Waals surface area contributed by atoms with Gasteiger partial charge in [-0.1, -0.05) is 18.2 Å². The van der Waals surface area contributed by atoms with E-state index in [-0.39, 0.29) is 11.9 Å². The summed E-state index contributed by atoms with van der Waals surface area (Å²) >= 11 is 0. The molecular weight excluding hydrogens is 264 g/mol. The number of carbonyl (C=O) groups is 1. The Morgan fingerprint density at radius 2 is 2.00 bits per heavy atom. The number of hydrogen-bond donors (Lipinski definition) is 0. The van der Waals surface area contributed by atoms with Crippen molar-refractivity contribution in [2.24, 2.45) is 11.8 Å². The molecule has 4 nitrogen and oxygen atoms in total. The van der Waals surface area contributed by atoms with E-state index in [1.54, 1.807) is 0 Å². The van der Waals surface area contributed by atoms with Crippen molar-refractivity contribution in [2.45, 2.75) is 39.2 Å². The fourth-order valence-corrected chi connectivity index (χ4v) is 3.38. The van der Waals surface area contributed by atoms with Gasteiger partial charge in [-0.3, -0.25) is 9.48 Å². The maximum atomic E-state index is 11.6. The Morgan fingerprint density at radius 3 is 2.67 bits per heavy atom. The molecule has 0 aliphatic heterocycles. The van der Waals surface area contributed by atoms with Gasteiger partial charge in [0.25, 0.3) is 0 Å². The molecule has 0 unspecified atom stereocenters. The fraction of sp³-hybridized carbons (Fsp3) is 0.529. The molecule has 112 valence electrons. The standard InChI is InChI=1S/C17H22N2O2/c1-12-15-5-3-4-6-16(15)18-19(12)11-13-7-9-14(10-8-13)17(20)21-2/h3-6,13-14H,7-11H2,1-2H3. The molecule has 0 amide bonds. The zero-order valence-electron chi connectivity index (χ0n) is 12.7. The second-order valence-corrected chi connectivity index (χ2v) is 6.03. The van der Waals surface area contributed by atoms with Crippen LogP contribution in [0.5, 0.6) is 0 Å². The highest BCUT2D eigenvalue weighted by molar-refractivity contribution is 5.81. The van der Waals surface area contributed by atoms with Crippen LogP contribution in [-0.4, -0.2) is 22.9 Å². The quantitative estimate of drug-likeness (QED) is 0.813. The van der Waals surface area contributed by atoms with Gasteiger partial charge in [0.15, 0.2) is 0 Å². The third-order valence-electron chi connectivity index (χ3n) is 4.72. The van der Waals surface area contributed by atoms with E-state index in [1.807, 2.05) is 6.07 Å². The van der Waals surface area contributed by atoms with Gasteiger partial charge in [-0.15, -0.1) is 0 Å². The molecule has 1 aromatic carbocycles. The lowest BCUT2D eigenvalue weighted by atomic mass is 9.82. The molecule has 3 rings (SSSR count). The van der Waals surface area contributed by atoms with Gasteiger partial charge in [0.1, 0.15) is 0 Å². The Morgan fingerprint density at radius 1 is 1.29 bits per heavy atom. The fourth-order valence-electron chi connectivity index (χ4n) is 3.38. The van der Waals surface area contributed by atoms with Crippen LogP contribution in [0.4, 0.5) is 0 Å². The zero-order valence-corrected chi connectivity index (χ0v) is 12.7. The average molecular weight is 286 g/mol. The molecular formula is C17H22N2O2. The van der Waals surface area contributed by atoms with Gasteiger partial charge in [-0.2, -0.15) is 5.10 Å². The van der Waals surface area contributed by atoms with Gasteiger partial charge in [0.05, 0.1) is 18.5 Å². The summed E-state index contributed by atoms with van der Waals surface area (Å²) in [6.45, 7) is 3.09. The summed E-state index contributed by atoms with van der Waals surface area (Å²) in [5.74, 6) is 0.664. The molecule has 0 bridgehead atoms. The van der Waals surface area contributed by atoms with E-state index in [0.717, 1.165) is 37.7 Å². The van der Waals surface area contributed by atoms with E-state index in [2.05, 4.69) is 29.8 Å². The molecule has 4 heteroatoms. The third-order valence-corrected chi connectivity index (χ3v) is 4.72. The Bertz CT molecular complexity index is 639. The summed E-state index contributed by atoms with van der Waals surface area (Å²) in [4.78, 5) is 11.6. The second-order valence-electron chi connectivity index (χ2n) is 6.03. The van der Waals surface area contributed by atoms with Gasteiger partial charge in [-0.25, -0.2) is 0 Å². The molecule has 1 heterocycles. The second kappa shape index (κ2) is 5.88. The van der Waals surface area contributed by atoms with Crippen LogP contribution < -0.4 is 0 Å². The van der Waals surface area contributed by atoms with Crippen molar-refractivity contribution < 1.29 is 9.53 Å². The highest BCUT2D eigenvalue weighted by Gasteiger charge is 2.27. The van der Waals surface area contributed by atoms with Crippen LogP contribution in [0.25, 0.3) is 10.9 Å².